The zero-order valence-electron chi connectivity index (χ0n) is 13.3. The molecule has 0 aliphatic carbocycles. The van der Waals surface area contributed by atoms with Gasteiger partial charge in [-0.1, -0.05) is 20.3 Å². The molecule has 3 nitrogen and oxygen atoms in total. The zero-order valence-corrected chi connectivity index (χ0v) is 13.3. The van der Waals surface area contributed by atoms with E-state index in [-0.39, 0.29) is 0 Å². The Morgan fingerprint density at radius 3 is 2.68 bits per heavy atom. The molecule has 112 valence electrons. The summed E-state index contributed by atoms with van der Waals surface area (Å²) in [6.07, 6.45) is 4.21. The fraction of sp³-hybridized carbons (Fsp3) is 1.00. The largest absolute Gasteiger partial charge is 0.380 e. The van der Waals surface area contributed by atoms with E-state index in [1.807, 2.05) is 0 Å². The van der Waals surface area contributed by atoms with Crippen molar-refractivity contribution in [2.75, 3.05) is 32.8 Å². The molecule has 0 spiro atoms. The van der Waals surface area contributed by atoms with E-state index in [0.29, 0.717) is 18.0 Å². The van der Waals surface area contributed by atoms with Crippen LogP contribution in [0.15, 0.2) is 0 Å². The van der Waals surface area contributed by atoms with E-state index in [4.69, 9.17) is 4.74 Å². The second-order valence-electron chi connectivity index (χ2n) is 6.66. The summed E-state index contributed by atoms with van der Waals surface area (Å²) in [7, 11) is 0. The van der Waals surface area contributed by atoms with Crippen molar-refractivity contribution in [3.05, 3.63) is 0 Å². The predicted molar refractivity (Wildman–Crippen MR) is 80.5 cm³/mol. The summed E-state index contributed by atoms with van der Waals surface area (Å²) in [5, 5.41) is 0. The van der Waals surface area contributed by atoms with Crippen molar-refractivity contribution in [2.45, 2.75) is 65.1 Å². The smallest absolute Gasteiger partial charge is 0.0624 e. The van der Waals surface area contributed by atoms with E-state index in [1.54, 1.807) is 0 Å². The van der Waals surface area contributed by atoms with Crippen LogP contribution in [0.4, 0.5) is 0 Å². The highest BCUT2D eigenvalue weighted by atomic mass is 16.5. The van der Waals surface area contributed by atoms with Crippen molar-refractivity contribution in [3.8, 4) is 0 Å². The molecule has 0 N–H and O–H groups in total. The Balaban J connectivity index is 2.00. The third kappa shape index (κ3) is 3.71. The maximum atomic E-state index is 5.74. The molecule has 2 rings (SSSR count). The minimum atomic E-state index is 0.582. The molecule has 2 aliphatic heterocycles. The minimum absolute atomic E-state index is 0.582. The summed E-state index contributed by atoms with van der Waals surface area (Å²) < 4.78 is 5.74. The van der Waals surface area contributed by atoms with Crippen LogP contribution in [0.5, 0.6) is 0 Å². The first kappa shape index (κ1) is 15.3. The predicted octanol–water partition coefficient (Wildman–Crippen LogP) is 2.61. The lowest BCUT2D eigenvalue weighted by molar-refractivity contribution is -0.0432. The maximum absolute atomic E-state index is 5.74. The van der Waals surface area contributed by atoms with Gasteiger partial charge in [0.15, 0.2) is 0 Å². The Bertz CT molecular complexity index is 269. The van der Waals surface area contributed by atoms with Gasteiger partial charge >= 0.3 is 0 Å². The monoisotopic (exact) mass is 268 g/mol. The van der Waals surface area contributed by atoms with Gasteiger partial charge in [0.1, 0.15) is 0 Å². The Hall–Kier alpha value is -0.120. The fourth-order valence-electron chi connectivity index (χ4n) is 3.75. The normalized spacial score (nSPS) is 31.4. The lowest BCUT2D eigenvalue weighted by Gasteiger charge is -2.50. The molecule has 2 heterocycles. The average Bonchev–Trinajstić information content (AvgIpc) is 2.39. The van der Waals surface area contributed by atoms with Gasteiger partial charge in [-0.15, -0.1) is 0 Å². The SMILES string of the molecule is CCOCC(C(C)C)N1CC2CCCCN2CC1C. The number of fused-ring (bicyclic) bond motifs is 1. The van der Waals surface area contributed by atoms with Crippen molar-refractivity contribution in [2.24, 2.45) is 5.92 Å². The number of nitrogens with zero attached hydrogens (tertiary/aromatic N) is 2. The van der Waals surface area contributed by atoms with Crippen LogP contribution in [-0.4, -0.2) is 60.8 Å². The second-order valence-corrected chi connectivity index (χ2v) is 6.66. The van der Waals surface area contributed by atoms with E-state index < -0.39 is 0 Å². The molecular weight excluding hydrogens is 236 g/mol. The van der Waals surface area contributed by atoms with Gasteiger partial charge in [-0.05, 0) is 39.2 Å². The summed E-state index contributed by atoms with van der Waals surface area (Å²) in [6, 6.07) is 2.05. The van der Waals surface area contributed by atoms with Gasteiger partial charge < -0.3 is 4.74 Å². The molecule has 0 radical (unpaired) electrons. The van der Waals surface area contributed by atoms with Crippen molar-refractivity contribution >= 4 is 0 Å². The standard InChI is InChI=1S/C16H32N2O/c1-5-19-12-16(13(2)3)18-11-15-8-6-7-9-17(15)10-14(18)4/h13-16H,5-12H2,1-4H3. The summed E-state index contributed by atoms with van der Waals surface area (Å²) in [5.41, 5.74) is 0. The fourth-order valence-corrected chi connectivity index (χ4v) is 3.75. The van der Waals surface area contributed by atoms with Gasteiger partial charge in [0.25, 0.3) is 0 Å². The summed E-state index contributed by atoms with van der Waals surface area (Å²) in [5.74, 6) is 0.671. The first-order valence-electron chi connectivity index (χ1n) is 8.21. The quantitative estimate of drug-likeness (QED) is 0.762. The first-order valence-corrected chi connectivity index (χ1v) is 8.21. The van der Waals surface area contributed by atoms with Gasteiger partial charge in [-0.3, -0.25) is 9.80 Å². The number of piperazine rings is 1. The lowest BCUT2D eigenvalue weighted by Crippen LogP contribution is -2.62. The van der Waals surface area contributed by atoms with Crippen molar-refractivity contribution in [1.82, 2.24) is 9.80 Å². The van der Waals surface area contributed by atoms with Crippen LogP contribution in [0.2, 0.25) is 0 Å². The highest BCUT2D eigenvalue weighted by molar-refractivity contribution is 4.92. The van der Waals surface area contributed by atoms with E-state index in [1.165, 1.54) is 38.9 Å². The zero-order chi connectivity index (χ0) is 13.8. The van der Waals surface area contributed by atoms with Crippen molar-refractivity contribution < 1.29 is 4.74 Å². The molecule has 0 bridgehead atoms. The molecule has 2 fully saturated rings. The summed E-state index contributed by atoms with van der Waals surface area (Å²) in [4.78, 5) is 5.45. The van der Waals surface area contributed by atoms with Crippen LogP contribution < -0.4 is 0 Å². The van der Waals surface area contributed by atoms with Gasteiger partial charge in [-0.25, -0.2) is 0 Å². The van der Waals surface area contributed by atoms with E-state index in [9.17, 15) is 0 Å². The second kappa shape index (κ2) is 7.05. The topological polar surface area (TPSA) is 15.7 Å². The lowest BCUT2D eigenvalue weighted by atomic mass is 9.93. The molecule has 2 aliphatic rings. The molecule has 0 aromatic heterocycles. The van der Waals surface area contributed by atoms with E-state index in [0.717, 1.165) is 19.3 Å². The molecule has 19 heavy (non-hydrogen) atoms. The Labute approximate surface area is 119 Å². The van der Waals surface area contributed by atoms with Crippen LogP contribution in [0.25, 0.3) is 0 Å². The minimum Gasteiger partial charge on any atom is -0.380 e. The number of piperidine rings is 1. The van der Waals surface area contributed by atoms with Crippen LogP contribution >= 0.6 is 0 Å². The van der Waals surface area contributed by atoms with Crippen molar-refractivity contribution in [1.29, 1.82) is 0 Å². The molecule has 0 saturated carbocycles. The number of rotatable bonds is 5. The van der Waals surface area contributed by atoms with Gasteiger partial charge in [-0.2, -0.15) is 0 Å². The van der Waals surface area contributed by atoms with Gasteiger partial charge in [0, 0.05) is 37.8 Å². The molecule has 3 heteroatoms. The number of ether oxygens (including phenoxy) is 1. The van der Waals surface area contributed by atoms with E-state index >= 15 is 0 Å². The highest BCUT2D eigenvalue weighted by Crippen LogP contribution is 2.27. The molecule has 3 unspecified atom stereocenters. The number of hydrogen-bond acceptors (Lipinski definition) is 3. The Morgan fingerprint density at radius 1 is 1.21 bits per heavy atom. The van der Waals surface area contributed by atoms with Gasteiger partial charge in [0.05, 0.1) is 6.61 Å². The first-order chi connectivity index (χ1) is 9.13. The molecule has 2 saturated heterocycles. The number of hydrogen-bond donors (Lipinski definition) is 0. The van der Waals surface area contributed by atoms with Crippen LogP contribution in [0, 0.1) is 5.92 Å². The molecular formula is C16H32N2O. The molecule has 0 aromatic rings. The van der Waals surface area contributed by atoms with Crippen LogP contribution in [0.3, 0.4) is 0 Å². The Morgan fingerprint density at radius 2 is 2.00 bits per heavy atom. The summed E-state index contributed by atoms with van der Waals surface area (Å²) in [6.45, 7) is 14.7. The highest BCUT2D eigenvalue weighted by Gasteiger charge is 2.36. The average molecular weight is 268 g/mol. The summed E-state index contributed by atoms with van der Waals surface area (Å²) >= 11 is 0. The Kier molecular flexibility index (Phi) is 5.67. The maximum Gasteiger partial charge on any atom is 0.0624 e. The van der Waals surface area contributed by atoms with E-state index in [2.05, 4.69) is 37.5 Å². The van der Waals surface area contributed by atoms with Crippen LogP contribution in [-0.2, 0) is 4.74 Å². The third-order valence-corrected chi connectivity index (χ3v) is 4.92. The third-order valence-electron chi connectivity index (χ3n) is 4.92. The molecule has 3 atom stereocenters. The van der Waals surface area contributed by atoms with Crippen LogP contribution in [0.1, 0.15) is 47.0 Å². The molecule has 0 amide bonds. The van der Waals surface area contributed by atoms with Gasteiger partial charge in [0.2, 0.25) is 0 Å². The van der Waals surface area contributed by atoms with Crippen molar-refractivity contribution in [3.63, 3.8) is 0 Å². The molecule has 0 aromatic carbocycles.